The van der Waals surface area contributed by atoms with Crippen LogP contribution in [-0.2, 0) is 9.53 Å². The molecule has 2 atom stereocenters. The topological polar surface area (TPSA) is 104 Å². The molecule has 0 spiro atoms. The summed E-state index contributed by atoms with van der Waals surface area (Å²) < 4.78 is 7.98. The van der Waals surface area contributed by atoms with Crippen LogP contribution in [0.2, 0.25) is 0 Å². The molecular formula is C31H36N6O3. The molecule has 4 N–H and O–H groups in total. The maximum atomic E-state index is 12.1. The molecule has 208 valence electrons. The molecule has 40 heavy (non-hydrogen) atoms. The largest absolute Gasteiger partial charge is 0.369 e. The molecule has 1 fully saturated rings. The lowest BCUT2D eigenvalue weighted by molar-refractivity contribution is -0.111. The molecule has 0 saturated carbocycles. The number of aliphatic hydroxyl groups is 1. The van der Waals surface area contributed by atoms with Crippen molar-refractivity contribution in [3.05, 3.63) is 90.5 Å². The molecule has 0 radical (unpaired) electrons. The van der Waals surface area contributed by atoms with Crippen LogP contribution < -0.4 is 16.0 Å². The van der Waals surface area contributed by atoms with E-state index in [2.05, 4.69) is 28.1 Å². The Bertz CT molecular complexity index is 1460. The second-order valence-electron chi connectivity index (χ2n) is 10.2. The van der Waals surface area contributed by atoms with E-state index in [-0.39, 0.29) is 12.1 Å². The van der Waals surface area contributed by atoms with Crippen molar-refractivity contribution in [3.63, 3.8) is 0 Å². The van der Waals surface area contributed by atoms with Crippen molar-refractivity contribution in [3.8, 4) is 0 Å². The van der Waals surface area contributed by atoms with Gasteiger partial charge in [-0.05, 0) is 75.8 Å². The Balaban J connectivity index is 1.24. The van der Waals surface area contributed by atoms with Crippen LogP contribution in [0.5, 0.6) is 0 Å². The molecule has 0 aliphatic carbocycles. The smallest absolute Gasteiger partial charge is 0.248 e. The van der Waals surface area contributed by atoms with E-state index in [0.29, 0.717) is 17.8 Å². The summed E-state index contributed by atoms with van der Waals surface area (Å²) in [5, 5.41) is 26.1. The Labute approximate surface area is 234 Å². The fourth-order valence-corrected chi connectivity index (χ4v) is 4.69. The Morgan fingerprint density at radius 3 is 2.65 bits per heavy atom. The van der Waals surface area contributed by atoms with Gasteiger partial charge in [-0.25, -0.2) is 4.68 Å². The van der Waals surface area contributed by atoms with E-state index in [0.717, 1.165) is 54.0 Å². The van der Waals surface area contributed by atoms with E-state index in [9.17, 15) is 9.90 Å². The summed E-state index contributed by atoms with van der Waals surface area (Å²) in [6.45, 7) is 1.44. The second-order valence-corrected chi connectivity index (χ2v) is 10.2. The average Bonchev–Trinajstić information content (AvgIpc) is 3.32. The summed E-state index contributed by atoms with van der Waals surface area (Å²) in [6.07, 6.45) is 5.50. The minimum atomic E-state index is -0.927. The first-order valence-electron chi connectivity index (χ1n) is 13.6. The molecule has 1 aliphatic rings. The van der Waals surface area contributed by atoms with Gasteiger partial charge in [0.15, 0.2) is 18.3 Å². The number of nitrogens with one attached hydrogen (secondary N) is 3. The Hall–Kier alpha value is -4.18. The second kappa shape index (κ2) is 12.8. The van der Waals surface area contributed by atoms with Gasteiger partial charge in [-0.2, -0.15) is 5.10 Å². The summed E-state index contributed by atoms with van der Waals surface area (Å²) in [4.78, 5) is 14.0. The van der Waals surface area contributed by atoms with E-state index < -0.39 is 6.23 Å². The first-order valence-corrected chi connectivity index (χ1v) is 13.6. The van der Waals surface area contributed by atoms with E-state index in [1.54, 1.807) is 30.3 Å². The van der Waals surface area contributed by atoms with Crippen LogP contribution in [-0.4, -0.2) is 52.9 Å². The highest BCUT2D eigenvalue weighted by Crippen LogP contribution is 2.32. The summed E-state index contributed by atoms with van der Waals surface area (Å²) in [5.74, 6) is 0.568. The highest BCUT2D eigenvalue weighted by atomic mass is 16.5. The quantitative estimate of drug-likeness (QED) is 0.152. The number of fused-ring (bicyclic) bond motifs is 1. The van der Waals surface area contributed by atoms with E-state index >= 15 is 0 Å². The lowest BCUT2D eigenvalue weighted by Gasteiger charge is -2.23. The number of likely N-dealkylation sites (N-methyl/N-ethyl adjacent to an activating group) is 1. The average molecular weight is 541 g/mol. The van der Waals surface area contributed by atoms with Crippen LogP contribution in [0, 0.1) is 0 Å². The van der Waals surface area contributed by atoms with Gasteiger partial charge in [-0.3, -0.25) is 4.79 Å². The van der Waals surface area contributed by atoms with Gasteiger partial charge in [0.2, 0.25) is 5.91 Å². The molecule has 9 heteroatoms. The third-order valence-corrected chi connectivity index (χ3v) is 6.70. The minimum absolute atomic E-state index is 0.0587. The monoisotopic (exact) mass is 540 g/mol. The minimum Gasteiger partial charge on any atom is -0.369 e. The lowest BCUT2D eigenvalue weighted by Crippen LogP contribution is -2.19. The molecule has 0 bridgehead atoms. The van der Waals surface area contributed by atoms with Crippen molar-refractivity contribution in [2.75, 3.05) is 43.2 Å². The standard InChI is InChI=1S/C31H36N6O3/c1-36(2)19-8-13-28(38)32-23-17-15-22(16-18-23)31(39)34-25-10-7-9-24(21-25)33-30-26-11-3-4-12-27(26)37(35-30)29-14-5-6-20-40-29/h3-4,7-13,15-18,21,29,31,34,39H,5-6,14,19-20H2,1-2H3,(H,32,38)(H,33,35)/b13-8+. The molecule has 1 aliphatic heterocycles. The number of hydrogen-bond donors (Lipinski definition) is 4. The summed E-state index contributed by atoms with van der Waals surface area (Å²) in [5.41, 5.74) is 3.97. The molecular weight excluding hydrogens is 504 g/mol. The molecule has 9 nitrogen and oxygen atoms in total. The number of rotatable bonds is 10. The SMILES string of the molecule is CN(C)C/C=C/C(=O)Nc1ccc(C(O)Nc2cccc(Nc3nn(C4CCCCO4)c4ccccc34)c2)cc1. The first-order chi connectivity index (χ1) is 19.5. The van der Waals surface area contributed by atoms with Crippen LogP contribution in [0.3, 0.4) is 0 Å². The molecule has 2 heterocycles. The maximum Gasteiger partial charge on any atom is 0.248 e. The number of para-hydroxylation sites is 1. The maximum absolute atomic E-state index is 12.1. The van der Waals surface area contributed by atoms with Gasteiger partial charge >= 0.3 is 0 Å². The highest BCUT2D eigenvalue weighted by Gasteiger charge is 2.21. The van der Waals surface area contributed by atoms with Crippen LogP contribution in [0.15, 0.2) is 84.9 Å². The third-order valence-electron chi connectivity index (χ3n) is 6.70. The number of nitrogens with zero attached hydrogens (tertiary/aromatic N) is 3. The Morgan fingerprint density at radius 2 is 1.88 bits per heavy atom. The third kappa shape index (κ3) is 6.87. The predicted octanol–water partition coefficient (Wildman–Crippen LogP) is 5.64. The number of amides is 1. The Kier molecular flexibility index (Phi) is 8.75. The van der Waals surface area contributed by atoms with Crippen molar-refractivity contribution >= 4 is 39.7 Å². The van der Waals surface area contributed by atoms with Crippen molar-refractivity contribution in [1.82, 2.24) is 14.7 Å². The van der Waals surface area contributed by atoms with Gasteiger partial charge < -0.3 is 30.7 Å². The normalized spacial score (nSPS) is 16.4. The molecule has 2 unspecified atom stereocenters. The summed E-state index contributed by atoms with van der Waals surface area (Å²) >= 11 is 0. The Morgan fingerprint density at radius 1 is 1.07 bits per heavy atom. The van der Waals surface area contributed by atoms with Crippen LogP contribution in [0.4, 0.5) is 22.9 Å². The zero-order valence-corrected chi connectivity index (χ0v) is 22.9. The van der Waals surface area contributed by atoms with Crippen molar-refractivity contribution in [1.29, 1.82) is 0 Å². The van der Waals surface area contributed by atoms with Gasteiger partial charge in [-0.1, -0.05) is 36.4 Å². The highest BCUT2D eigenvalue weighted by molar-refractivity contribution is 5.99. The van der Waals surface area contributed by atoms with Gasteiger partial charge in [0, 0.05) is 47.2 Å². The zero-order valence-electron chi connectivity index (χ0n) is 22.9. The number of aliphatic hydroxyl groups excluding tert-OH is 1. The van der Waals surface area contributed by atoms with Crippen molar-refractivity contribution in [2.45, 2.75) is 31.7 Å². The number of anilines is 4. The zero-order chi connectivity index (χ0) is 27.9. The van der Waals surface area contributed by atoms with Crippen LogP contribution in [0.1, 0.15) is 37.3 Å². The van der Waals surface area contributed by atoms with Gasteiger partial charge in [0.05, 0.1) is 5.52 Å². The number of ether oxygens (including phenoxy) is 1. The number of hydrogen-bond acceptors (Lipinski definition) is 7. The fourth-order valence-electron chi connectivity index (χ4n) is 4.69. The predicted molar refractivity (Wildman–Crippen MR) is 160 cm³/mol. The van der Waals surface area contributed by atoms with E-state index in [4.69, 9.17) is 9.84 Å². The molecule has 1 aromatic heterocycles. The van der Waals surface area contributed by atoms with E-state index in [1.807, 2.05) is 60.1 Å². The van der Waals surface area contributed by atoms with Gasteiger partial charge in [-0.15, -0.1) is 0 Å². The number of carbonyl (C=O) groups is 1. The van der Waals surface area contributed by atoms with Crippen molar-refractivity contribution < 1.29 is 14.6 Å². The number of benzene rings is 3. The van der Waals surface area contributed by atoms with Crippen LogP contribution >= 0.6 is 0 Å². The first kappa shape index (κ1) is 27.4. The molecule has 3 aromatic carbocycles. The van der Waals surface area contributed by atoms with Gasteiger partial charge in [0.1, 0.15) is 0 Å². The van der Waals surface area contributed by atoms with Gasteiger partial charge in [0.25, 0.3) is 0 Å². The lowest BCUT2D eigenvalue weighted by atomic mass is 10.1. The molecule has 1 amide bonds. The fraction of sp³-hybridized carbons (Fsp3) is 0.290. The number of carbonyl (C=O) groups excluding carboxylic acids is 1. The van der Waals surface area contributed by atoms with E-state index in [1.165, 1.54) is 6.08 Å². The molecule has 1 saturated heterocycles. The summed E-state index contributed by atoms with van der Waals surface area (Å²) in [7, 11) is 3.88. The number of aromatic nitrogens is 2. The van der Waals surface area contributed by atoms with Crippen molar-refractivity contribution in [2.24, 2.45) is 0 Å². The summed E-state index contributed by atoms with van der Waals surface area (Å²) in [6, 6.07) is 23.0. The van der Waals surface area contributed by atoms with Crippen LogP contribution in [0.25, 0.3) is 10.9 Å². The molecule has 5 rings (SSSR count). The molecule has 4 aromatic rings.